The number of anilines is 1. The molecule has 1 fully saturated rings. The molecule has 1 saturated carbocycles. The standard InChI is InChI=1S/C28H29N3O5S/c1-31(37(34,35)24-14-11-18(16-29)17-30-24)21-8-6-7-20(15-21)25(19-12-13-19)26-27(32)22-9-4-2-3-5-10-23(22)36-28(26)33/h6-8,11,14-15,17,19,25,32H,2-5,9-10,12-13H2,1H3. The van der Waals surface area contributed by atoms with E-state index in [9.17, 15) is 18.3 Å². The molecule has 0 radical (unpaired) electrons. The third-order valence-electron chi connectivity index (χ3n) is 7.38. The number of hydrogen-bond donors (Lipinski definition) is 1. The third kappa shape index (κ3) is 4.86. The molecular weight excluding hydrogens is 490 g/mol. The Balaban J connectivity index is 1.54. The van der Waals surface area contributed by atoms with Gasteiger partial charge in [0.1, 0.15) is 17.6 Å². The Hall–Kier alpha value is -3.64. The molecule has 0 saturated heterocycles. The van der Waals surface area contributed by atoms with Gasteiger partial charge in [0.25, 0.3) is 10.0 Å². The number of nitriles is 1. The summed E-state index contributed by atoms with van der Waals surface area (Å²) >= 11 is 0. The molecule has 0 amide bonds. The van der Waals surface area contributed by atoms with Crippen molar-refractivity contribution in [1.29, 1.82) is 5.26 Å². The average molecular weight is 520 g/mol. The maximum atomic E-state index is 13.2. The number of aryl methyl sites for hydroxylation is 1. The van der Waals surface area contributed by atoms with Crippen molar-refractivity contribution in [3.05, 3.63) is 81.0 Å². The summed E-state index contributed by atoms with van der Waals surface area (Å²) < 4.78 is 33.4. The molecule has 0 bridgehead atoms. The highest BCUT2D eigenvalue weighted by atomic mass is 32.2. The SMILES string of the molecule is CN(c1cccc(C(c2c(O)c3c(oc2=O)CCCCCC3)C2CC2)c1)S(=O)(=O)c1ccc(C#N)cn1. The van der Waals surface area contributed by atoms with Gasteiger partial charge in [-0.1, -0.05) is 25.0 Å². The van der Waals surface area contributed by atoms with E-state index < -0.39 is 21.6 Å². The van der Waals surface area contributed by atoms with Crippen molar-refractivity contribution >= 4 is 15.7 Å². The molecule has 3 aromatic rings. The minimum Gasteiger partial charge on any atom is -0.507 e. The van der Waals surface area contributed by atoms with Crippen LogP contribution in [0.3, 0.4) is 0 Å². The number of nitrogens with zero attached hydrogens (tertiary/aromatic N) is 3. The van der Waals surface area contributed by atoms with Crippen LogP contribution in [0.5, 0.6) is 5.75 Å². The summed E-state index contributed by atoms with van der Waals surface area (Å²) in [5.74, 6) is 0.405. The van der Waals surface area contributed by atoms with E-state index >= 15 is 0 Å². The summed E-state index contributed by atoms with van der Waals surface area (Å²) in [7, 11) is -2.54. The molecule has 1 N–H and O–H groups in total. The first-order chi connectivity index (χ1) is 17.8. The zero-order valence-corrected chi connectivity index (χ0v) is 21.5. The average Bonchev–Trinajstić information content (AvgIpc) is 3.72. The predicted octanol–water partition coefficient (Wildman–Crippen LogP) is 4.64. The number of rotatable bonds is 6. The topological polar surface area (TPSA) is 124 Å². The van der Waals surface area contributed by atoms with E-state index in [0.29, 0.717) is 24.3 Å². The van der Waals surface area contributed by atoms with Crippen LogP contribution < -0.4 is 9.93 Å². The smallest absolute Gasteiger partial charge is 0.343 e. The fourth-order valence-electron chi connectivity index (χ4n) is 5.19. The summed E-state index contributed by atoms with van der Waals surface area (Å²) in [6.07, 6.45) is 8.39. The lowest BCUT2D eigenvalue weighted by molar-refractivity contribution is 0.382. The number of pyridine rings is 1. The van der Waals surface area contributed by atoms with Gasteiger partial charge < -0.3 is 9.52 Å². The minimum atomic E-state index is -3.98. The second kappa shape index (κ2) is 10.0. The largest absolute Gasteiger partial charge is 0.507 e. The van der Waals surface area contributed by atoms with Gasteiger partial charge in [0.2, 0.25) is 0 Å². The van der Waals surface area contributed by atoms with E-state index in [2.05, 4.69) is 4.98 Å². The zero-order chi connectivity index (χ0) is 26.2. The van der Waals surface area contributed by atoms with Crippen molar-refractivity contribution in [3.63, 3.8) is 0 Å². The van der Waals surface area contributed by atoms with Crippen LogP contribution in [0.25, 0.3) is 0 Å². The Morgan fingerprint density at radius 3 is 2.57 bits per heavy atom. The van der Waals surface area contributed by atoms with Gasteiger partial charge in [-0.15, -0.1) is 0 Å². The van der Waals surface area contributed by atoms with Gasteiger partial charge in [-0.2, -0.15) is 13.7 Å². The molecule has 5 rings (SSSR count). The van der Waals surface area contributed by atoms with Crippen LogP contribution in [0.15, 0.2) is 56.8 Å². The van der Waals surface area contributed by atoms with Gasteiger partial charge in [-0.3, -0.25) is 4.31 Å². The molecule has 1 atom stereocenters. The summed E-state index contributed by atoms with van der Waals surface area (Å²) in [5, 5.41) is 20.2. The molecule has 192 valence electrons. The first-order valence-electron chi connectivity index (χ1n) is 12.6. The highest BCUT2D eigenvalue weighted by Crippen LogP contribution is 2.49. The lowest BCUT2D eigenvalue weighted by atomic mass is 9.85. The van der Waals surface area contributed by atoms with E-state index in [1.54, 1.807) is 18.2 Å². The van der Waals surface area contributed by atoms with Crippen LogP contribution in [-0.2, 0) is 22.9 Å². The quantitative estimate of drug-likeness (QED) is 0.503. The van der Waals surface area contributed by atoms with E-state index in [-0.39, 0.29) is 27.8 Å². The molecule has 2 heterocycles. The van der Waals surface area contributed by atoms with E-state index in [0.717, 1.165) is 54.0 Å². The number of fused-ring (bicyclic) bond motifs is 1. The van der Waals surface area contributed by atoms with Crippen molar-refractivity contribution in [2.45, 2.75) is 62.3 Å². The zero-order valence-electron chi connectivity index (χ0n) is 20.7. The Kier molecular flexibility index (Phi) is 6.78. The molecule has 37 heavy (non-hydrogen) atoms. The molecule has 2 aliphatic rings. The van der Waals surface area contributed by atoms with Crippen LogP contribution in [-0.4, -0.2) is 25.6 Å². The number of sulfonamides is 1. The molecular formula is C28H29N3O5S. The fraction of sp³-hybridized carbons (Fsp3) is 0.393. The number of hydrogen-bond acceptors (Lipinski definition) is 7. The Labute approximate surface area is 216 Å². The number of benzene rings is 1. The Morgan fingerprint density at radius 2 is 1.89 bits per heavy atom. The third-order valence-corrected chi connectivity index (χ3v) is 9.08. The first-order valence-corrected chi connectivity index (χ1v) is 14.1. The predicted molar refractivity (Wildman–Crippen MR) is 138 cm³/mol. The summed E-state index contributed by atoms with van der Waals surface area (Å²) in [4.78, 5) is 17.2. The second-order valence-electron chi connectivity index (χ2n) is 9.85. The van der Waals surface area contributed by atoms with Crippen LogP contribution >= 0.6 is 0 Å². The monoisotopic (exact) mass is 519 g/mol. The lowest BCUT2D eigenvalue weighted by Gasteiger charge is -2.23. The molecule has 8 nitrogen and oxygen atoms in total. The lowest BCUT2D eigenvalue weighted by Crippen LogP contribution is -2.27. The molecule has 1 unspecified atom stereocenters. The summed E-state index contributed by atoms with van der Waals surface area (Å²) in [6, 6.07) is 11.7. The van der Waals surface area contributed by atoms with Gasteiger partial charge in [-0.05, 0) is 67.9 Å². The van der Waals surface area contributed by atoms with Crippen LogP contribution in [0.1, 0.15) is 72.5 Å². The molecule has 0 spiro atoms. The Morgan fingerprint density at radius 1 is 1.14 bits per heavy atom. The van der Waals surface area contributed by atoms with Gasteiger partial charge >= 0.3 is 5.63 Å². The Bertz CT molecular complexity index is 1520. The van der Waals surface area contributed by atoms with Crippen molar-refractivity contribution in [2.75, 3.05) is 11.4 Å². The van der Waals surface area contributed by atoms with Gasteiger partial charge in [0, 0.05) is 31.1 Å². The fourth-order valence-corrected chi connectivity index (χ4v) is 6.29. The van der Waals surface area contributed by atoms with E-state index in [4.69, 9.17) is 9.68 Å². The normalized spacial score (nSPS) is 16.6. The van der Waals surface area contributed by atoms with Crippen molar-refractivity contribution in [3.8, 4) is 11.8 Å². The maximum Gasteiger partial charge on any atom is 0.343 e. The highest BCUT2D eigenvalue weighted by molar-refractivity contribution is 7.92. The number of aromatic hydroxyl groups is 1. The van der Waals surface area contributed by atoms with E-state index in [1.165, 1.54) is 25.4 Å². The summed E-state index contributed by atoms with van der Waals surface area (Å²) in [6.45, 7) is 0. The highest BCUT2D eigenvalue weighted by Gasteiger charge is 2.39. The number of aromatic nitrogens is 1. The van der Waals surface area contributed by atoms with Crippen LogP contribution in [0.4, 0.5) is 5.69 Å². The van der Waals surface area contributed by atoms with Crippen LogP contribution in [0, 0.1) is 17.2 Å². The van der Waals surface area contributed by atoms with Gasteiger partial charge in [0.05, 0.1) is 16.8 Å². The van der Waals surface area contributed by atoms with Crippen LogP contribution in [0.2, 0.25) is 0 Å². The second-order valence-corrected chi connectivity index (χ2v) is 11.8. The summed E-state index contributed by atoms with van der Waals surface area (Å²) in [5.41, 5.74) is 1.93. The van der Waals surface area contributed by atoms with Crippen molar-refractivity contribution < 1.29 is 17.9 Å². The molecule has 1 aromatic carbocycles. The van der Waals surface area contributed by atoms with Gasteiger partial charge in [0.15, 0.2) is 5.03 Å². The van der Waals surface area contributed by atoms with Crippen molar-refractivity contribution in [2.24, 2.45) is 5.92 Å². The molecule has 0 aliphatic heterocycles. The van der Waals surface area contributed by atoms with Crippen molar-refractivity contribution in [1.82, 2.24) is 4.98 Å². The minimum absolute atomic E-state index is 0.0400. The molecule has 2 aromatic heterocycles. The molecule has 2 aliphatic carbocycles. The van der Waals surface area contributed by atoms with Gasteiger partial charge in [-0.25, -0.2) is 9.78 Å². The maximum absolute atomic E-state index is 13.2. The van der Waals surface area contributed by atoms with E-state index in [1.807, 2.05) is 12.1 Å². The molecule has 9 heteroatoms. The first kappa shape index (κ1) is 25.0.